The van der Waals surface area contributed by atoms with Crippen molar-refractivity contribution in [3.8, 4) is 17.2 Å². The largest absolute Gasteiger partial charge is 0.508 e. The van der Waals surface area contributed by atoms with Gasteiger partial charge in [0.2, 0.25) is 0 Å². The van der Waals surface area contributed by atoms with E-state index in [2.05, 4.69) is 0 Å². The molecule has 180 valence electrons. The van der Waals surface area contributed by atoms with Crippen LogP contribution in [0.25, 0.3) is 5.76 Å². The molecule has 1 aliphatic rings. The number of amides is 1. The van der Waals surface area contributed by atoms with Crippen molar-refractivity contribution in [1.29, 1.82) is 0 Å². The van der Waals surface area contributed by atoms with Gasteiger partial charge in [0, 0.05) is 17.3 Å². The summed E-state index contributed by atoms with van der Waals surface area (Å²) in [7, 11) is 1.51. The zero-order valence-electron chi connectivity index (χ0n) is 19.8. The van der Waals surface area contributed by atoms with Gasteiger partial charge >= 0.3 is 0 Å². The van der Waals surface area contributed by atoms with Gasteiger partial charge in [0.25, 0.3) is 11.7 Å². The minimum atomic E-state index is -0.914. The summed E-state index contributed by atoms with van der Waals surface area (Å²) in [6, 6.07) is 18.9. The van der Waals surface area contributed by atoms with Crippen LogP contribution in [0.5, 0.6) is 17.2 Å². The number of hydrogen-bond acceptors (Lipinski definition) is 6. The molecule has 3 aromatic rings. The number of carbonyl (C=O) groups is 2. The highest BCUT2D eigenvalue weighted by Crippen LogP contribution is 2.43. The topological polar surface area (TPSA) is 96.3 Å². The number of rotatable bonds is 7. The molecule has 2 N–H and O–H groups in total. The summed E-state index contributed by atoms with van der Waals surface area (Å²) in [4.78, 5) is 27.9. The normalized spacial score (nSPS) is 17.1. The van der Waals surface area contributed by atoms with Gasteiger partial charge in [-0.25, -0.2) is 0 Å². The van der Waals surface area contributed by atoms with Crippen LogP contribution in [0, 0.1) is 5.92 Å². The first-order valence-electron chi connectivity index (χ1n) is 11.3. The first-order valence-corrected chi connectivity index (χ1v) is 11.3. The summed E-state index contributed by atoms with van der Waals surface area (Å²) in [6.07, 6.45) is 0. The van der Waals surface area contributed by atoms with Crippen LogP contribution in [-0.4, -0.2) is 35.6 Å². The molecule has 7 nitrogen and oxygen atoms in total. The van der Waals surface area contributed by atoms with E-state index in [1.54, 1.807) is 60.7 Å². The molecular weight excluding hydrogens is 446 g/mol. The highest BCUT2D eigenvalue weighted by atomic mass is 16.5. The Kier molecular flexibility index (Phi) is 6.78. The minimum absolute atomic E-state index is 0.0436. The number of phenolic OH excluding ortho intramolecular Hbond substituents is 1. The summed E-state index contributed by atoms with van der Waals surface area (Å²) < 4.78 is 11.1. The summed E-state index contributed by atoms with van der Waals surface area (Å²) in [5, 5.41) is 21.1. The molecule has 0 radical (unpaired) electrons. The lowest BCUT2D eigenvalue weighted by Crippen LogP contribution is -2.29. The number of aliphatic hydroxyl groups is 1. The Labute approximate surface area is 203 Å². The van der Waals surface area contributed by atoms with Crippen LogP contribution in [-0.2, 0) is 9.59 Å². The predicted octanol–water partition coefficient (Wildman–Crippen LogP) is 5.06. The number of benzene rings is 3. The molecule has 4 rings (SSSR count). The van der Waals surface area contributed by atoms with Crippen LogP contribution >= 0.6 is 0 Å². The van der Waals surface area contributed by atoms with E-state index in [-0.39, 0.29) is 17.1 Å². The Bertz CT molecular complexity index is 1280. The van der Waals surface area contributed by atoms with Crippen LogP contribution in [0.15, 0.2) is 78.4 Å². The molecule has 0 aromatic heterocycles. The van der Waals surface area contributed by atoms with Gasteiger partial charge in [0.1, 0.15) is 23.0 Å². The molecule has 1 unspecified atom stereocenters. The smallest absolute Gasteiger partial charge is 0.300 e. The average Bonchev–Trinajstić information content (AvgIpc) is 3.13. The van der Waals surface area contributed by atoms with Gasteiger partial charge in [-0.15, -0.1) is 0 Å². The van der Waals surface area contributed by atoms with Crippen molar-refractivity contribution < 1.29 is 29.3 Å². The fourth-order valence-corrected chi connectivity index (χ4v) is 3.98. The molecule has 0 spiro atoms. The van der Waals surface area contributed by atoms with Gasteiger partial charge in [-0.2, -0.15) is 0 Å². The molecule has 3 aromatic carbocycles. The van der Waals surface area contributed by atoms with Crippen molar-refractivity contribution in [2.24, 2.45) is 5.92 Å². The maximum Gasteiger partial charge on any atom is 0.300 e. The summed E-state index contributed by atoms with van der Waals surface area (Å²) >= 11 is 0. The lowest BCUT2D eigenvalue weighted by atomic mass is 9.95. The SMILES string of the molecule is COc1cccc(N2C(=O)C(=O)/C(=C(/O)c3cccc(OCC(C)C)c3)C2c2ccc(O)cc2)c1. The highest BCUT2D eigenvalue weighted by Gasteiger charge is 2.47. The number of ether oxygens (including phenoxy) is 2. The van der Waals surface area contributed by atoms with E-state index in [1.165, 1.54) is 24.1 Å². The molecule has 1 heterocycles. The molecular formula is C28H27NO6. The third-order valence-corrected chi connectivity index (χ3v) is 5.68. The molecule has 7 heteroatoms. The Hall–Kier alpha value is -4.26. The van der Waals surface area contributed by atoms with Crippen molar-refractivity contribution >= 4 is 23.1 Å². The van der Waals surface area contributed by atoms with Gasteiger partial charge in [0.05, 0.1) is 25.3 Å². The fraction of sp³-hybridized carbons (Fsp3) is 0.214. The zero-order valence-corrected chi connectivity index (χ0v) is 19.8. The van der Waals surface area contributed by atoms with E-state index in [9.17, 15) is 19.8 Å². The van der Waals surface area contributed by atoms with Crippen molar-refractivity contribution in [2.75, 3.05) is 18.6 Å². The number of nitrogens with zero attached hydrogens (tertiary/aromatic N) is 1. The molecule has 0 aliphatic carbocycles. The molecule has 35 heavy (non-hydrogen) atoms. The first-order chi connectivity index (χ1) is 16.8. The second-order valence-corrected chi connectivity index (χ2v) is 8.69. The minimum Gasteiger partial charge on any atom is -0.508 e. The predicted molar refractivity (Wildman–Crippen MR) is 133 cm³/mol. The number of aromatic hydroxyl groups is 1. The van der Waals surface area contributed by atoms with Crippen molar-refractivity contribution in [1.82, 2.24) is 0 Å². The van der Waals surface area contributed by atoms with Gasteiger partial charge < -0.3 is 19.7 Å². The van der Waals surface area contributed by atoms with Crippen LogP contribution in [0.2, 0.25) is 0 Å². The lowest BCUT2D eigenvalue weighted by Gasteiger charge is -2.25. The number of aliphatic hydroxyl groups excluding tert-OH is 1. The fourth-order valence-electron chi connectivity index (χ4n) is 3.98. The molecule has 1 atom stereocenters. The van der Waals surface area contributed by atoms with Crippen molar-refractivity contribution in [3.05, 3.63) is 89.5 Å². The summed E-state index contributed by atoms with van der Waals surface area (Å²) in [6.45, 7) is 4.56. The molecule has 1 saturated heterocycles. The van der Waals surface area contributed by atoms with Gasteiger partial charge in [-0.1, -0.05) is 44.2 Å². The zero-order chi connectivity index (χ0) is 25.1. The number of anilines is 1. The Morgan fingerprint density at radius 3 is 2.34 bits per heavy atom. The van der Waals surface area contributed by atoms with E-state index in [0.29, 0.717) is 40.8 Å². The highest BCUT2D eigenvalue weighted by molar-refractivity contribution is 6.51. The Morgan fingerprint density at radius 1 is 0.971 bits per heavy atom. The maximum atomic E-state index is 13.3. The lowest BCUT2D eigenvalue weighted by molar-refractivity contribution is -0.132. The van der Waals surface area contributed by atoms with Crippen molar-refractivity contribution in [3.63, 3.8) is 0 Å². The second-order valence-electron chi connectivity index (χ2n) is 8.69. The average molecular weight is 474 g/mol. The quantitative estimate of drug-likeness (QED) is 0.283. The van der Waals surface area contributed by atoms with E-state index >= 15 is 0 Å². The summed E-state index contributed by atoms with van der Waals surface area (Å²) in [5.41, 5.74) is 1.30. The van der Waals surface area contributed by atoms with Gasteiger partial charge in [-0.05, 0) is 47.9 Å². The van der Waals surface area contributed by atoms with E-state index in [0.717, 1.165) is 0 Å². The monoisotopic (exact) mass is 473 g/mol. The van der Waals surface area contributed by atoms with Gasteiger partial charge in [0.15, 0.2) is 0 Å². The van der Waals surface area contributed by atoms with Crippen LogP contribution in [0.1, 0.15) is 31.0 Å². The van der Waals surface area contributed by atoms with E-state index in [1.807, 2.05) is 13.8 Å². The Balaban J connectivity index is 1.86. The van der Waals surface area contributed by atoms with Crippen molar-refractivity contribution in [2.45, 2.75) is 19.9 Å². The van der Waals surface area contributed by atoms with Gasteiger partial charge in [-0.3, -0.25) is 14.5 Å². The number of phenols is 1. The third kappa shape index (κ3) is 4.84. The number of ketones is 1. The molecule has 1 amide bonds. The van der Waals surface area contributed by atoms with Crippen LogP contribution in [0.3, 0.4) is 0 Å². The summed E-state index contributed by atoms with van der Waals surface area (Å²) in [5.74, 6) is -0.462. The standard InChI is InChI=1S/C28H27NO6/c1-17(2)16-35-23-9-4-6-19(14-23)26(31)24-25(18-10-12-21(30)13-11-18)29(28(33)27(24)32)20-7-5-8-22(15-20)34-3/h4-15,17,25,30-31H,16H2,1-3H3/b26-24+. The van der Waals surface area contributed by atoms with Crippen LogP contribution < -0.4 is 14.4 Å². The second kappa shape index (κ2) is 9.93. The number of carbonyl (C=O) groups excluding carboxylic acids is 2. The maximum absolute atomic E-state index is 13.3. The molecule has 1 fully saturated rings. The number of methoxy groups -OCH3 is 1. The third-order valence-electron chi connectivity index (χ3n) is 5.68. The van der Waals surface area contributed by atoms with Crippen LogP contribution in [0.4, 0.5) is 5.69 Å². The van der Waals surface area contributed by atoms with E-state index in [4.69, 9.17) is 9.47 Å². The number of Topliss-reactive ketones (excluding diaryl/α,β-unsaturated/α-hetero) is 1. The molecule has 0 saturated carbocycles. The number of hydrogen-bond donors (Lipinski definition) is 2. The molecule has 1 aliphatic heterocycles. The first kappa shape index (κ1) is 23.9. The van der Waals surface area contributed by atoms with E-state index < -0.39 is 17.7 Å². The molecule has 0 bridgehead atoms. The Morgan fingerprint density at radius 2 is 1.66 bits per heavy atom.